The van der Waals surface area contributed by atoms with Crippen LogP contribution in [0.1, 0.15) is 33.1 Å². The number of carbonyl (C=O) groups excluding carboxylic acids is 1. The number of carbonyl (C=O) groups is 1. The van der Waals surface area contributed by atoms with Crippen LogP contribution < -0.4 is 5.32 Å². The van der Waals surface area contributed by atoms with Gasteiger partial charge >= 0.3 is 0 Å². The molecule has 0 aromatic heterocycles. The Kier molecular flexibility index (Phi) is 8.67. The van der Waals surface area contributed by atoms with Gasteiger partial charge in [0.15, 0.2) is 0 Å². The summed E-state index contributed by atoms with van der Waals surface area (Å²) in [5.74, 6) is 0.350. The lowest BCUT2D eigenvalue weighted by Gasteiger charge is -2.44. The lowest BCUT2D eigenvalue weighted by molar-refractivity contribution is -0.205. The molecule has 2 aliphatic heterocycles. The molecule has 0 bridgehead atoms. The van der Waals surface area contributed by atoms with Crippen LogP contribution in [-0.4, -0.2) is 93.3 Å². The van der Waals surface area contributed by atoms with E-state index in [0.29, 0.717) is 5.92 Å². The van der Waals surface area contributed by atoms with E-state index in [1.165, 1.54) is 11.8 Å². The second kappa shape index (κ2) is 10.1. The fourth-order valence-electron chi connectivity index (χ4n) is 4.11. The number of nitrogens with one attached hydrogen (secondary N) is 1. The molecule has 0 aromatic carbocycles. The van der Waals surface area contributed by atoms with Crippen LogP contribution in [0.2, 0.25) is 0 Å². The molecule has 0 aromatic rings. The van der Waals surface area contributed by atoms with Crippen molar-refractivity contribution < 1.29 is 24.9 Å². The molecule has 158 valence electrons. The highest BCUT2D eigenvalue weighted by molar-refractivity contribution is 7.99. The zero-order valence-electron chi connectivity index (χ0n) is 16.4. The summed E-state index contributed by atoms with van der Waals surface area (Å²) >= 11 is 7.55. The molecular weight excluding hydrogens is 392 g/mol. The maximum absolute atomic E-state index is 12.9. The number of aliphatic hydroxyl groups is 3. The van der Waals surface area contributed by atoms with Crippen LogP contribution in [0.5, 0.6) is 0 Å². The lowest BCUT2D eigenvalue weighted by atomic mass is 9.92. The second-order valence-electron chi connectivity index (χ2n) is 7.73. The van der Waals surface area contributed by atoms with E-state index in [4.69, 9.17) is 16.3 Å². The zero-order valence-corrected chi connectivity index (χ0v) is 18.0. The fraction of sp³-hybridized carbons (Fsp3) is 0.944. The van der Waals surface area contributed by atoms with Crippen LogP contribution >= 0.6 is 23.4 Å². The van der Waals surface area contributed by atoms with Gasteiger partial charge in [-0.1, -0.05) is 13.3 Å². The van der Waals surface area contributed by atoms with E-state index < -0.39 is 41.3 Å². The Morgan fingerprint density at radius 2 is 2.00 bits per heavy atom. The molecule has 4 N–H and O–H groups in total. The van der Waals surface area contributed by atoms with E-state index in [1.54, 1.807) is 13.2 Å². The Morgan fingerprint density at radius 1 is 1.33 bits per heavy atom. The number of amides is 1. The maximum atomic E-state index is 12.9. The molecule has 7 nitrogen and oxygen atoms in total. The third kappa shape index (κ3) is 5.29. The number of halogens is 1. The van der Waals surface area contributed by atoms with E-state index in [-0.39, 0.29) is 11.9 Å². The molecule has 27 heavy (non-hydrogen) atoms. The summed E-state index contributed by atoms with van der Waals surface area (Å²) in [6, 6.07) is -0.934. The monoisotopic (exact) mass is 424 g/mol. The van der Waals surface area contributed by atoms with Gasteiger partial charge < -0.3 is 25.4 Å². The first-order valence-corrected chi connectivity index (χ1v) is 11.3. The summed E-state index contributed by atoms with van der Waals surface area (Å²) in [7, 11) is 1.94. The van der Waals surface area contributed by atoms with Gasteiger partial charge in [-0.3, -0.25) is 9.69 Å². The standard InChI is InChI=1S/C18H33ClN2O5S/c1-5-6-10-7-11(21(3)8-10)17(25)20-12(9(2)19)16-14(23)13(22)15(24)18(26-16)27-4/h9-16,18,22-24H,5-8H2,1-4H3,(H,20,25)/t9?,10-,11+,12?,13+,14-,15-,16-,18-/m0/s1. The van der Waals surface area contributed by atoms with Crippen LogP contribution in [-0.2, 0) is 9.53 Å². The van der Waals surface area contributed by atoms with Gasteiger partial charge in [-0.15, -0.1) is 23.4 Å². The first-order valence-electron chi connectivity index (χ1n) is 9.58. The van der Waals surface area contributed by atoms with Crippen molar-refractivity contribution >= 4 is 29.3 Å². The van der Waals surface area contributed by atoms with E-state index in [2.05, 4.69) is 12.2 Å². The maximum Gasteiger partial charge on any atom is 0.237 e. The summed E-state index contributed by atoms with van der Waals surface area (Å²) in [6.45, 7) is 4.74. The average molecular weight is 425 g/mol. The number of ether oxygens (including phenoxy) is 1. The Balaban J connectivity index is 2.09. The minimum atomic E-state index is -1.36. The minimum absolute atomic E-state index is 0.147. The lowest BCUT2D eigenvalue weighted by Crippen LogP contribution is -2.65. The molecule has 9 heteroatoms. The number of alkyl halides is 1. The predicted octanol–water partition coefficient (Wildman–Crippen LogP) is 0.390. The molecule has 2 unspecified atom stereocenters. The highest BCUT2D eigenvalue weighted by Gasteiger charge is 2.48. The summed E-state index contributed by atoms with van der Waals surface area (Å²) in [5.41, 5.74) is -0.702. The van der Waals surface area contributed by atoms with Crippen molar-refractivity contribution in [2.24, 2.45) is 5.92 Å². The molecule has 0 aliphatic carbocycles. The van der Waals surface area contributed by atoms with Crippen LogP contribution in [0.3, 0.4) is 0 Å². The van der Waals surface area contributed by atoms with Gasteiger partial charge in [0.1, 0.15) is 29.9 Å². The smallest absolute Gasteiger partial charge is 0.237 e. The van der Waals surface area contributed by atoms with Crippen molar-refractivity contribution in [3.8, 4) is 0 Å². The average Bonchev–Trinajstić information content (AvgIpc) is 2.99. The van der Waals surface area contributed by atoms with Gasteiger partial charge in [-0.25, -0.2) is 0 Å². The van der Waals surface area contributed by atoms with Crippen molar-refractivity contribution in [1.82, 2.24) is 10.2 Å². The van der Waals surface area contributed by atoms with Crippen molar-refractivity contribution in [3.05, 3.63) is 0 Å². The number of hydrogen-bond acceptors (Lipinski definition) is 7. The van der Waals surface area contributed by atoms with E-state index in [0.717, 1.165) is 25.8 Å². The van der Waals surface area contributed by atoms with Gasteiger partial charge in [-0.2, -0.15) is 0 Å². The van der Waals surface area contributed by atoms with Crippen LogP contribution in [0.25, 0.3) is 0 Å². The highest BCUT2D eigenvalue weighted by atomic mass is 35.5. The molecule has 9 atom stereocenters. The van der Waals surface area contributed by atoms with E-state index in [1.807, 2.05) is 11.9 Å². The Labute approximate surface area is 170 Å². The summed E-state index contributed by atoms with van der Waals surface area (Å²) in [4.78, 5) is 14.9. The minimum Gasteiger partial charge on any atom is -0.388 e. The number of likely N-dealkylation sites (tertiary alicyclic amines) is 1. The summed E-state index contributed by atoms with van der Waals surface area (Å²) < 4.78 is 5.79. The predicted molar refractivity (Wildman–Crippen MR) is 107 cm³/mol. The largest absolute Gasteiger partial charge is 0.388 e. The van der Waals surface area contributed by atoms with Crippen LogP contribution in [0.15, 0.2) is 0 Å². The number of likely N-dealkylation sites (N-methyl/N-ethyl adjacent to an activating group) is 1. The summed E-state index contributed by atoms with van der Waals surface area (Å²) in [5, 5.41) is 33.0. The third-order valence-corrected chi connectivity index (χ3v) is 6.76. The van der Waals surface area contributed by atoms with E-state index in [9.17, 15) is 20.1 Å². The normalized spacial score (nSPS) is 39.9. The topological polar surface area (TPSA) is 102 Å². The van der Waals surface area contributed by atoms with Gasteiger partial charge in [0.25, 0.3) is 0 Å². The number of thioether (sulfide) groups is 1. The fourth-order valence-corrected chi connectivity index (χ4v) is 5.00. The molecular formula is C18H33ClN2O5S. The van der Waals surface area contributed by atoms with Crippen LogP contribution in [0, 0.1) is 5.92 Å². The van der Waals surface area contributed by atoms with Crippen molar-refractivity contribution in [3.63, 3.8) is 0 Å². The molecule has 2 saturated heterocycles. The number of nitrogens with zero attached hydrogens (tertiary/aromatic N) is 1. The Morgan fingerprint density at radius 3 is 2.56 bits per heavy atom. The zero-order chi connectivity index (χ0) is 20.3. The molecule has 2 heterocycles. The molecule has 2 rings (SSSR count). The first-order chi connectivity index (χ1) is 12.7. The van der Waals surface area contributed by atoms with E-state index >= 15 is 0 Å². The van der Waals surface area contributed by atoms with Gasteiger partial charge in [0, 0.05) is 6.54 Å². The molecule has 2 aliphatic rings. The molecule has 0 spiro atoms. The quantitative estimate of drug-likeness (QED) is 0.438. The number of rotatable bonds is 7. The Bertz CT molecular complexity index is 498. The van der Waals surface area contributed by atoms with Gasteiger partial charge in [-0.05, 0) is 39.0 Å². The number of aliphatic hydroxyl groups excluding tert-OH is 3. The highest BCUT2D eigenvalue weighted by Crippen LogP contribution is 2.31. The van der Waals surface area contributed by atoms with Crippen LogP contribution in [0.4, 0.5) is 0 Å². The number of hydrogen-bond donors (Lipinski definition) is 4. The van der Waals surface area contributed by atoms with Gasteiger partial charge in [0.2, 0.25) is 5.91 Å². The van der Waals surface area contributed by atoms with Gasteiger partial charge in [0.05, 0.1) is 17.5 Å². The second-order valence-corrected chi connectivity index (χ2v) is 9.36. The van der Waals surface area contributed by atoms with Crippen molar-refractivity contribution in [2.75, 3.05) is 19.8 Å². The Hall–Kier alpha value is -0.0900. The SMILES string of the molecule is CCC[C@H]1C[C@H](C(=O)NC(C(C)Cl)[C@@H]2O[C@@H](SC)[C@@H](O)[C@H](O)[C@@H]2O)N(C)C1. The van der Waals surface area contributed by atoms with Crippen molar-refractivity contribution in [2.45, 2.75) is 80.4 Å². The summed E-state index contributed by atoms with van der Waals surface area (Å²) in [6.07, 6.45) is -0.0980. The molecule has 0 saturated carbocycles. The first kappa shape index (κ1) is 23.2. The molecule has 2 fully saturated rings. The van der Waals surface area contributed by atoms with Crippen molar-refractivity contribution in [1.29, 1.82) is 0 Å². The molecule has 0 radical (unpaired) electrons. The molecule has 1 amide bonds. The third-order valence-electron chi connectivity index (χ3n) is 5.63.